The molecule has 8 heteroatoms. The summed E-state index contributed by atoms with van der Waals surface area (Å²) in [6.07, 6.45) is 1.66. The summed E-state index contributed by atoms with van der Waals surface area (Å²) in [5.74, 6) is -3.69. The zero-order valence-corrected chi connectivity index (χ0v) is 17.4. The topological polar surface area (TPSA) is 99.2 Å². The lowest BCUT2D eigenvalue weighted by Gasteiger charge is -2.27. The molecule has 3 fully saturated rings. The van der Waals surface area contributed by atoms with Crippen molar-refractivity contribution in [2.75, 3.05) is 13.1 Å². The van der Waals surface area contributed by atoms with Crippen LogP contribution in [0.1, 0.15) is 44.1 Å². The fraction of sp³-hybridized carbons (Fsp3) is 0.609. The van der Waals surface area contributed by atoms with Gasteiger partial charge in [-0.05, 0) is 31.2 Å². The largest absolute Gasteiger partial charge is 0.328 e. The minimum atomic E-state index is -3.18. The Labute approximate surface area is 180 Å². The van der Waals surface area contributed by atoms with Crippen molar-refractivity contribution in [2.45, 2.75) is 63.0 Å². The number of carbonyl (C=O) groups excluding carboxylic acids is 2. The standard InChI is InChI=1S/C23H28F2N4O2/c24-23(25,10-16-4-2-1-3-5-16)11-17(18(30)12-21(14-26)6-7-21)28-20(31)29-13-19(27)22(15-29)8-9-22/h1-5,17,19H,6-13,15,27H2,(H,28,31)/t17-,19?/m0/s1. The number of Topliss-reactive ketones (excluding diaryl/α,β-unsaturated/α-hetero) is 1. The number of amides is 2. The van der Waals surface area contributed by atoms with E-state index >= 15 is 0 Å². The number of benzene rings is 1. The minimum absolute atomic E-state index is 0.0486. The van der Waals surface area contributed by atoms with Crippen LogP contribution in [0.2, 0.25) is 0 Å². The van der Waals surface area contributed by atoms with Crippen molar-refractivity contribution in [3.8, 4) is 6.07 Å². The van der Waals surface area contributed by atoms with Crippen molar-refractivity contribution >= 4 is 11.8 Å². The van der Waals surface area contributed by atoms with E-state index in [1.54, 1.807) is 30.3 Å². The number of hydrogen-bond acceptors (Lipinski definition) is 4. The molecule has 0 aromatic heterocycles. The van der Waals surface area contributed by atoms with E-state index in [2.05, 4.69) is 11.4 Å². The molecule has 1 unspecified atom stereocenters. The predicted molar refractivity (Wildman–Crippen MR) is 110 cm³/mol. The van der Waals surface area contributed by atoms with Crippen LogP contribution in [0.3, 0.4) is 0 Å². The van der Waals surface area contributed by atoms with Crippen LogP contribution in [-0.2, 0) is 11.2 Å². The molecular formula is C23H28F2N4O2. The highest BCUT2D eigenvalue weighted by Crippen LogP contribution is 2.52. The first-order valence-corrected chi connectivity index (χ1v) is 10.8. The number of likely N-dealkylation sites (tertiary alicyclic amines) is 1. The molecule has 2 aliphatic carbocycles. The Bertz CT molecular complexity index is 891. The van der Waals surface area contributed by atoms with Gasteiger partial charge >= 0.3 is 6.03 Å². The van der Waals surface area contributed by atoms with Gasteiger partial charge in [0.15, 0.2) is 5.78 Å². The smallest absolute Gasteiger partial charge is 0.318 e. The van der Waals surface area contributed by atoms with E-state index in [4.69, 9.17) is 5.73 Å². The molecule has 2 amide bonds. The van der Waals surface area contributed by atoms with Crippen LogP contribution >= 0.6 is 0 Å². The highest BCUT2D eigenvalue weighted by atomic mass is 19.3. The fourth-order valence-electron chi connectivity index (χ4n) is 4.52. The Kier molecular flexibility index (Phi) is 5.50. The molecule has 1 spiro atoms. The van der Waals surface area contributed by atoms with Gasteiger partial charge in [-0.3, -0.25) is 4.79 Å². The highest BCUT2D eigenvalue weighted by Gasteiger charge is 2.55. The summed E-state index contributed by atoms with van der Waals surface area (Å²) in [4.78, 5) is 27.2. The lowest BCUT2D eigenvalue weighted by molar-refractivity contribution is -0.124. The van der Waals surface area contributed by atoms with Crippen molar-refractivity contribution in [1.82, 2.24) is 10.2 Å². The molecule has 0 radical (unpaired) electrons. The second-order valence-corrected chi connectivity index (χ2v) is 9.61. The molecule has 1 heterocycles. The number of rotatable bonds is 8. The summed E-state index contributed by atoms with van der Waals surface area (Å²) < 4.78 is 29.7. The van der Waals surface area contributed by atoms with E-state index in [0.29, 0.717) is 31.5 Å². The van der Waals surface area contributed by atoms with E-state index < -0.39 is 42.0 Å². The number of nitriles is 1. The molecule has 1 saturated heterocycles. The number of halogens is 2. The number of nitrogens with zero attached hydrogens (tertiary/aromatic N) is 2. The number of carbonyl (C=O) groups is 2. The molecule has 2 atom stereocenters. The SMILES string of the molecule is N#CC1(CC(=O)[C@H](CC(F)(F)Cc2ccccc2)NC(=O)N2CC(N)C3(CC3)C2)CC1. The third kappa shape index (κ3) is 4.87. The van der Waals surface area contributed by atoms with Gasteiger partial charge < -0.3 is 16.0 Å². The first-order valence-electron chi connectivity index (χ1n) is 10.8. The fourth-order valence-corrected chi connectivity index (χ4v) is 4.52. The normalized spacial score (nSPS) is 23.8. The average Bonchev–Trinajstić information content (AvgIpc) is 3.62. The Morgan fingerprint density at radius 2 is 1.94 bits per heavy atom. The molecule has 3 N–H and O–H groups in total. The van der Waals surface area contributed by atoms with Gasteiger partial charge in [-0.15, -0.1) is 0 Å². The molecule has 166 valence electrons. The van der Waals surface area contributed by atoms with Crippen molar-refractivity contribution in [3.63, 3.8) is 0 Å². The van der Waals surface area contributed by atoms with Gasteiger partial charge in [0.1, 0.15) is 0 Å². The molecule has 1 aromatic rings. The van der Waals surface area contributed by atoms with Crippen LogP contribution < -0.4 is 11.1 Å². The zero-order valence-electron chi connectivity index (χ0n) is 17.4. The Morgan fingerprint density at radius 3 is 2.48 bits per heavy atom. The summed E-state index contributed by atoms with van der Waals surface area (Å²) >= 11 is 0. The summed E-state index contributed by atoms with van der Waals surface area (Å²) in [7, 11) is 0. The van der Waals surface area contributed by atoms with Crippen LogP contribution in [0.15, 0.2) is 30.3 Å². The number of hydrogen-bond donors (Lipinski definition) is 2. The molecule has 4 rings (SSSR count). The molecule has 6 nitrogen and oxygen atoms in total. The number of alkyl halides is 2. The summed E-state index contributed by atoms with van der Waals surface area (Å²) in [5, 5.41) is 11.9. The molecular weight excluding hydrogens is 402 g/mol. The molecule has 3 aliphatic rings. The van der Waals surface area contributed by atoms with Gasteiger partial charge in [0, 0.05) is 43.8 Å². The van der Waals surface area contributed by atoms with Crippen molar-refractivity contribution in [2.24, 2.45) is 16.6 Å². The monoisotopic (exact) mass is 430 g/mol. The van der Waals surface area contributed by atoms with Crippen LogP contribution in [0.4, 0.5) is 13.6 Å². The maximum atomic E-state index is 14.9. The predicted octanol–water partition coefficient (Wildman–Crippen LogP) is 3.02. The van der Waals surface area contributed by atoms with Gasteiger partial charge in [-0.1, -0.05) is 30.3 Å². The lowest BCUT2D eigenvalue weighted by atomic mass is 9.92. The zero-order chi connectivity index (χ0) is 22.3. The molecule has 1 aliphatic heterocycles. The summed E-state index contributed by atoms with van der Waals surface area (Å²) in [6, 6.07) is 8.46. The highest BCUT2D eigenvalue weighted by molar-refractivity contribution is 5.89. The van der Waals surface area contributed by atoms with E-state index in [1.165, 1.54) is 4.90 Å². The van der Waals surface area contributed by atoms with Crippen LogP contribution in [-0.4, -0.2) is 47.8 Å². The van der Waals surface area contributed by atoms with E-state index in [9.17, 15) is 23.6 Å². The van der Waals surface area contributed by atoms with Crippen molar-refractivity contribution < 1.29 is 18.4 Å². The van der Waals surface area contributed by atoms with Gasteiger partial charge in [-0.25, -0.2) is 13.6 Å². The third-order valence-corrected chi connectivity index (χ3v) is 6.99. The Hall–Kier alpha value is -2.53. The van der Waals surface area contributed by atoms with Gasteiger partial charge in [0.05, 0.1) is 17.5 Å². The van der Waals surface area contributed by atoms with Crippen LogP contribution in [0.5, 0.6) is 0 Å². The lowest BCUT2D eigenvalue weighted by Crippen LogP contribution is -2.50. The maximum absolute atomic E-state index is 14.9. The molecule has 0 bridgehead atoms. The number of urea groups is 1. The van der Waals surface area contributed by atoms with E-state index in [-0.39, 0.29) is 17.9 Å². The Morgan fingerprint density at radius 1 is 1.26 bits per heavy atom. The maximum Gasteiger partial charge on any atom is 0.318 e. The second-order valence-electron chi connectivity index (χ2n) is 9.61. The van der Waals surface area contributed by atoms with Crippen molar-refractivity contribution in [3.05, 3.63) is 35.9 Å². The third-order valence-electron chi connectivity index (χ3n) is 6.99. The van der Waals surface area contributed by atoms with E-state index in [1.807, 2.05) is 0 Å². The number of ketones is 1. The van der Waals surface area contributed by atoms with Crippen molar-refractivity contribution in [1.29, 1.82) is 5.26 Å². The van der Waals surface area contributed by atoms with Gasteiger partial charge in [0.2, 0.25) is 0 Å². The van der Waals surface area contributed by atoms with Gasteiger partial charge in [0.25, 0.3) is 5.92 Å². The van der Waals surface area contributed by atoms with E-state index in [0.717, 1.165) is 12.8 Å². The van der Waals surface area contributed by atoms with Gasteiger partial charge in [-0.2, -0.15) is 5.26 Å². The second kappa shape index (κ2) is 7.86. The molecule has 2 saturated carbocycles. The average molecular weight is 430 g/mol. The Balaban J connectivity index is 1.45. The quantitative estimate of drug-likeness (QED) is 0.662. The molecule has 1 aromatic carbocycles. The minimum Gasteiger partial charge on any atom is -0.328 e. The van der Waals surface area contributed by atoms with Crippen LogP contribution in [0.25, 0.3) is 0 Å². The van der Waals surface area contributed by atoms with Crippen LogP contribution in [0, 0.1) is 22.2 Å². The first kappa shape index (κ1) is 21.7. The number of nitrogens with two attached hydrogens (primary N) is 1. The first-order chi connectivity index (χ1) is 14.7. The summed E-state index contributed by atoms with van der Waals surface area (Å²) in [6.45, 7) is 0.846. The number of nitrogens with one attached hydrogen (secondary N) is 1. The molecule has 31 heavy (non-hydrogen) atoms. The summed E-state index contributed by atoms with van der Waals surface area (Å²) in [5.41, 5.74) is 5.80.